The molecule has 4 heterocycles. The zero-order valence-corrected chi connectivity index (χ0v) is 27.7. The van der Waals surface area contributed by atoms with E-state index in [1.165, 1.54) is 20.8 Å². The molecule has 49 heavy (non-hydrogen) atoms. The highest BCUT2D eigenvalue weighted by Gasteiger charge is 2.56. The Kier molecular flexibility index (Phi) is 14.1. The summed E-state index contributed by atoms with van der Waals surface area (Å²) >= 11 is 0. The molecule has 0 aromatic rings. The maximum atomic E-state index is 12.5. The maximum absolute atomic E-state index is 12.5. The summed E-state index contributed by atoms with van der Waals surface area (Å²) in [6, 6.07) is -1.28. The van der Waals surface area contributed by atoms with Crippen LogP contribution in [-0.2, 0) is 42.7 Å². The SMILES string of the molecule is CC(=O)NC1[C@H](OC(C)C)OC(CO)[C@@H](O[C@@H]2O[C@@H](CO)[C@H](O)C(O)C2O[C@@H]2O[C@@H](C)[C@@H](O)C(O)C2O)[C@@H]1O[C@@H]1OC(C)[C@@H](O)[C@H](O)C1O. The molecule has 286 valence electrons. The number of aliphatic hydroxyl groups excluding tert-OH is 10. The topological polar surface area (TPSA) is 305 Å². The smallest absolute Gasteiger partial charge is 0.217 e. The van der Waals surface area contributed by atoms with Crippen LogP contribution in [0.15, 0.2) is 0 Å². The van der Waals surface area contributed by atoms with Gasteiger partial charge in [-0.2, -0.15) is 0 Å². The van der Waals surface area contributed by atoms with Crippen LogP contribution in [0.1, 0.15) is 34.6 Å². The standard InChI is InChI=1S/C29H51NO19/c1-8(2)42-26-14(30-11(5)33)24(48-27-21(40)18(37)15(34)9(3)43-27)23(13(7-32)46-26)47-29-25(20(39)17(36)12(6-31)45-29)49-28-22(41)19(38)16(35)10(4)44-28/h8-10,12-29,31-32,34-41H,6-7H2,1-5H3,(H,30,33)/t9?,10-,12-,13?,14?,15+,16+,17-,18-,19?,20?,21?,22?,23+,24+,25?,26+,27-,28-,29-/m0/s1. The molecule has 4 rings (SSSR count). The Balaban J connectivity index is 1.73. The average molecular weight is 718 g/mol. The zero-order chi connectivity index (χ0) is 36.5. The summed E-state index contributed by atoms with van der Waals surface area (Å²) in [7, 11) is 0. The quantitative estimate of drug-likeness (QED) is 0.0947. The Morgan fingerprint density at radius 1 is 0.592 bits per heavy atom. The minimum Gasteiger partial charge on any atom is -0.394 e. The van der Waals surface area contributed by atoms with Gasteiger partial charge in [0, 0.05) is 6.92 Å². The molecule has 20 atom stereocenters. The van der Waals surface area contributed by atoms with Gasteiger partial charge in [0.2, 0.25) is 5.91 Å². The maximum Gasteiger partial charge on any atom is 0.217 e. The van der Waals surface area contributed by atoms with Crippen molar-refractivity contribution in [2.24, 2.45) is 0 Å². The molecule has 1 amide bonds. The molecule has 4 saturated heterocycles. The van der Waals surface area contributed by atoms with Crippen molar-refractivity contribution in [3.05, 3.63) is 0 Å². The third-order valence-electron chi connectivity index (χ3n) is 8.92. The summed E-state index contributed by atoms with van der Waals surface area (Å²) in [6.45, 7) is 5.74. The summed E-state index contributed by atoms with van der Waals surface area (Å²) in [4.78, 5) is 12.5. The van der Waals surface area contributed by atoms with Gasteiger partial charge in [-0.25, -0.2) is 0 Å². The van der Waals surface area contributed by atoms with E-state index >= 15 is 0 Å². The molecule has 0 radical (unpaired) electrons. The van der Waals surface area contributed by atoms with Gasteiger partial charge in [-0.3, -0.25) is 4.79 Å². The molecule has 0 aliphatic carbocycles. The molecule has 4 aliphatic heterocycles. The van der Waals surface area contributed by atoms with Crippen molar-refractivity contribution in [1.82, 2.24) is 5.32 Å². The first-order valence-electron chi connectivity index (χ1n) is 16.2. The van der Waals surface area contributed by atoms with E-state index in [4.69, 9.17) is 37.9 Å². The summed E-state index contributed by atoms with van der Waals surface area (Å²) in [5.74, 6) is -0.595. The number of carbonyl (C=O) groups is 1. The fourth-order valence-electron chi connectivity index (χ4n) is 6.18. The Bertz CT molecular complexity index is 1060. The molecule has 0 aromatic carbocycles. The van der Waals surface area contributed by atoms with Crippen LogP contribution in [0, 0.1) is 0 Å². The number of rotatable bonds is 11. The van der Waals surface area contributed by atoms with E-state index in [0.717, 1.165) is 0 Å². The van der Waals surface area contributed by atoms with Gasteiger partial charge in [-0.15, -0.1) is 0 Å². The molecular formula is C29H51NO19. The highest BCUT2D eigenvalue weighted by atomic mass is 16.8. The van der Waals surface area contributed by atoms with Gasteiger partial charge in [-0.1, -0.05) is 0 Å². The van der Waals surface area contributed by atoms with Crippen LogP contribution in [0.4, 0.5) is 0 Å². The predicted octanol–water partition coefficient (Wildman–Crippen LogP) is -6.12. The third-order valence-corrected chi connectivity index (χ3v) is 8.92. The van der Waals surface area contributed by atoms with Gasteiger partial charge < -0.3 is 94.3 Å². The number of carbonyl (C=O) groups excluding carboxylic acids is 1. The Morgan fingerprint density at radius 2 is 1.06 bits per heavy atom. The summed E-state index contributed by atoms with van der Waals surface area (Å²) < 4.78 is 47.0. The molecular weight excluding hydrogens is 666 g/mol. The van der Waals surface area contributed by atoms with Gasteiger partial charge in [0.05, 0.1) is 31.5 Å². The fraction of sp³-hybridized carbons (Fsp3) is 0.966. The summed E-state index contributed by atoms with van der Waals surface area (Å²) in [5, 5.41) is 107. The van der Waals surface area contributed by atoms with Gasteiger partial charge in [-0.05, 0) is 27.7 Å². The van der Waals surface area contributed by atoms with Crippen molar-refractivity contribution < 1.29 is 93.8 Å². The van der Waals surface area contributed by atoms with E-state index in [9.17, 15) is 55.9 Å². The molecule has 4 aliphatic rings. The number of hydrogen-bond acceptors (Lipinski definition) is 19. The second kappa shape index (κ2) is 17.1. The average Bonchev–Trinajstić information content (AvgIpc) is 3.05. The normalized spacial score (nSPS) is 49.6. The van der Waals surface area contributed by atoms with Crippen molar-refractivity contribution >= 4 is 5.91 Å². The molecule has 0 saturated carbocycles. The number of amides is 1. The molecule has 4 fully saturated rings. The number of hydrogen-bond donors (Lipinski definition) is 11. The van der Waals surface area contributed by atoms with E-state index in [-0.39, 0.29) is 0 Å². The largest absolute Gasteiger partial charge is 0.394 e. The van der Waals surface area contributed by atoms with E-state index in [0.29, 0.717) is 0 Å². The van der Waals surface area contributed by atoms with Crippen molar-refractivity contribution in [3.63, 3.8) is 0 Å². The van der Waals surface area contributed by atoms with Crippen LogP contribution < -0.4 is 5.32 Å². The second-order valence-electron chi connectivity index (χ2n) is 13.0. The molecule has 0 aromatic heterocycles. The van der Waals surface area contributed by atoms with E-state index in [2.05, 4.69) is 5.32 Å². The van der Waals surface area contributed by atoms with Crippen molar-refractivity contribution in [2.75, 3.05) is 13.2 Å². The Labute approximate surface area is 281 Å². The fourth-order valence-corrected chi connectivity index (χ4v) is 6.18. The first-order valence-corrected chi connectivity index (χ1v) is 16.2. The van der Waals surface area contributed by atoms with Gasteiger partial charge in [0.1, 0.15) is 85.4 Å². The van der Waals surface area contributed by atoms with Crippen LogP contribution in [0.5, 0.6) is 0 Å². The van der Waals surface area contributed by atoms with Crippen LogP contribution in [0.3, 0.4) is 0 Å². The van der Waals surface area contributed by atoms with Gasteiger partial charge in [0.15, 0.2) is 25.2 Å². The first kappa shape index (κ1) is 40.5. The Morgan fingerprint density at radius 3 is 1.53 bits per heavy atom. The minimum absolute atomic E-state index is 0.494. The lowest BCUT2D eigenvalue weighted by atomic mass is 9.94. The monoisotopic (exact) mass is 717 g/mol. The molecule has 0 bridgehead atoms. The van der Waals surface area contributed by atoms with Crippen molar-refractivity contribution in [1.29, 1.82) is 0 Å². The van der Waals surface area contributed by atoms with E-state index < -0.39 is 148 Å². The first-order chi connectivity index (χ1) is 23.0. The molecule has 0 spiro atoms. The number of ether oxygens (including phenoxy) is 8. The number of aliphatic hydroxyl groups is 10. The summed E-state index contributed by atoms with van der Waals surface area (Å²) in [6.07, 6.45) is -30.5. The van der Waals surface area contributed by atoms with Crippen LogP contribution in [-0.4, -0.2) is 199 Å². The van der Waals surface area contributed by atoms with E-state index in [1.54, 1.807) is 13.8 Å². The van der Waals surface area contributed by atoms with Crippen LogP contribution in [0.2, 0.25) is 0 Å². The summed E-state index contributed by atoms with van der Waals surface area (Å²) in [5.41, 5.74) is 0. The molecule has 20 heteroatoms. The molecule has 11 N–H and O–H groups in total. The van der Waals surface area contributed by atoms with Crippen molar-refractivity contribution in [2.45, 2.75) is 163 Å². The predicted molar refractivity (Wildman–Crippen MR) is 157 cm³/mol. The third kappa shape index (κ3) is 8.87. The van der Waals surface area contributed by atoms with Gasteiger partial charge in [0.25, 0.3) is 0 Å². The molecule has 20 nitrogen and oxygen atoms in total. The Hall–Kier alpha value is -1.25. The van der Waals surface area contributed by atoms with E-state index in [1.807, 2.05) is 0 Å². The number of nitrogens with one attached hydrogen (secondary N) is 1. The second-order valence-corrected chi connectivity index (χ2v) is 13.0. The lowest BCUT2D eigenvalue weighted by Gasteiger charge is -2.51. The van der Waals surface area contributed by atoms with Crippen molar-refractivity contribution in [3.8, 4) is 0 Å². The lowest BCUT2D eigenvalue weighted by Crippen LogP contribution is -2.70. The highest BCUT2D eigenvalue weighted by molar-refractivity contribution is 5.73. The lowest BCUT2D eigenvalue weighted by molar-refractivity contribution is -0.393. The highest BCUT2D eigenvalue weighted by Crippen LogP contribution is 2.36. The van der Waals surface area contributed by atoms with Crippen LogP contribution >= 0.6 is 0 Å². The molecule has 8 unspecified atom stereocenters. The zero-order valence-electron chi connectivity index (χ0n) is 27.7. The minimum atomic E-state index is -1.90. The van der Waals surface area contributed by atoms with Gasteiger partial charge >= 0.3 is 0 Å². The van der Waals surface area contributed by atoms with Crippen LogP contribution in [0.25, 0.3) is 0 Å².